The lowest BCUT2D eigenvalue weighted by Gasteiger charge is -2.21. The highest BCUT2D eigenvalue weighted by Gasteiger charge is 2.28. The Hall–Kier alpha value is -0.220. The van der Waals surface area contributed by atoms with E-state index in [1.54, 1.807) is 25.6 Å². The van der Waals surface area contributed by atoms with Crippen LogP contribution in [0.2, 0.25) is 0 Å². The van der Waals surface area contributed by atoms with E-state index in [-0.39, 0.29) is 5.97 Å². The summed E-state index contributed by atoms with van der Waals surface area (Å²) in [6.07, 6.45) is 3.68. The second kappa shape index (κ2) is 6.27. The molecule has 0 aliphatic carbocycles. The fourth-order valence-electron chi connectivity index (χ4n) is 0.982. The number of thioether (sulfide) groups is 1. The van der Waals surface area contributed by atoms with Crippen molar-refractivity contribution in [2.24, 2.45) is 5.73 Å². The smallest absolute Gasteiger partial charge is 0.325 e. The zero-order valence-corrected chi connectivity index (χ0v) is 9.45. The van der Waals surface area contributed by atoms with Crippen LogP contribution < -0.4 is 5.73 Å². The number of hydrogen-bond donors (Lipinski definition) is 1. The summed E-state index contributed by atoms with van der Waals surface area (Å²) in [5.41, 5.74) is 4.99. The largest absolute Gasteiger partial charge is 0.465 e. The van der Waals surface area contributed by atoms with Gasteiger partial charge in [0.2, 0.25) is 0 Å². The van der Waals surface area contributed by atoms with E-state index < -0.39 is 5.54 Å². The van der Waals surface area contributed by atoms with Gasteiger partial charge in [-0.3, -0.25) is 4.79 Å². The van der Waals surface area contributed by atoms with Gasteiger partial charge >= 0.3 is 5.97 Å². The van der Waals surface area contributed by atoms with E-state index in [0.717, 1.165) is 12.2 Å². The molecule has 0 bridgehead atoms. The Morgan fingerprint density at radius 3 is 2.69 bits per heavy atom. The van der Waals surface area contributed by atoms with E-state index in [2.05, 4.69) is 0 Å². The molecule has 0 saturated carbocycles. The summed E-state index contributed by atoms with van der Waals surface area (Å²) < 4.78 is 4.87. The average Bonchev–Trinajstić information content (AvgIpc) is 2.05. The number of esters is 1. The maximum atomic E-state index is 11.3. The van der Waals surface area contributed by atoms with Crippen LogP contribution in [0.15, 0.2) is 0 Å². The van der Waals surface area contributed by atoms with Gasteiger partial charge in [-0.25, -0.2) is 0 Å². The van der Waals surface area contributed by atoms with Crippen molar-refractivity contribution in [3.63, 3.8) is 0 Å². The van der Waals surface area contributed by atoms with Gasteiger partial charge in [0.05, 0.1) is 6.61 Å². The van der Waals surface area contributed by atoms with Gasteiger partial charge in [0.25, 0.3) is 0 Å². The summed E-state index contributed by atoms with van der Waals surface area (Å²) in [4.78, 5) is 11.3. The molecule has 0 saturated heterocycles. The summed E-state index contributed by atoms with van der Waals surface area (Å²) >= 11 is 1.76. The van der Waals surface area contributed by atoms with Gasteiger partial charge in [-0.1, -0.05) is 0 Å². The Kier molecular flexibility index (Phi) is 6.16. The zero-order valence-electron chi connectivity index (χ0n) is 8.63. The van der Waals surface area contributed by atoms with Gasteiger partial charge in [0.15, 0.2) is 0 Å². The highest BCUT2D eigenvalue weighted by molar-refractivity contribution is 7.98. The molecule has 1 atom stereocenters. The quantitative estimate of drug-likeness (QED) is 0.526. The van der Waals surface area contributed by atoms with Crippen LogP contribution >= 0.6 is 11.8 Å². The number of carbonyl (C=O) groups excluding carboxylic acids is 1. The van der Waals surface area contributed by atoms with Gasteiger partial charge in [-0.15, -0.1) is 0 Å². The minimum atomic E-state index is -0.814. The van der Waals surface area contributed by atoms with Crippen molar-refractivity contribution in [2.75, 3.05) is 18.6 Å². The van der Waals surface area contributed by atoms with Crippen LogP contribution in [0, 0.1) is 0 Å². The second-order valence-electron chi connectivity index (χ2n) is 3.23. The molecule has 13 heavy (non-hydrogen) atoms. The van der Waals surface area contributed by atoms with E-state index in [9.17, 15) is 4.79 Å². The number of rotatable bonds is 6. The highest BCUT2D eigenvalue weighted by Crippen LogP contribution is 2.12. The van der Waals surface area contributed by atoms with E-state index >= 15 is 0 Å². The molecule has 0 aromatic rings. The van der Waals surface area contributed by atoms with Crippen molar-refractivity contribution in [3.8, 4) is 0 Å². The fraction of sp³-hybridized carbons (Fsp3) is 0.889. The molecule has 1 unspecified atom stereocenters. The number of ether oxygens (including phenoxy) is 1. The highest BCUT2D eigenvalue weighted by atomic mass is 32.2. The summed E-state index contributed by atoms with van der Waals surface area (Å²) in [5.74, 6) is 0.739. The van der Waals surface area contributed by atoms with Gasteiger partial charge in [-0.05, 0) is 38.7 Å². The Morgan fingerprint density at radius 2 is 2.23 bits per heavy atom. The average molecular weight is 205 g/mol. The minimum absolute atomic E-state index is 0.295. The topological polar surface area (TPSA) is 52.3 Å². The molecule has 0 aromatic heterocycles. The normalized spacial score (nSPS) is 15.1. The van der Waals surface area contributed by atoms with Crippen LogP contribution in [0.1, 0.15) is 26.7 Å². The third kappa shape index (κ3) is 5.16. The summed E-state index contributed by atoms with van der Waals surface area (Å²) in [5, 5.41) is 0. The van der Waals surface area contributed by atoms with Crippen molar-refractivity contribution in [1.82, 2.24) is 0 Å². The first kappa shape index (κ1) is 12.8. The third-order valence-electron chi connectivity index (χ3n) is 1.79. The lowest BCUT2D eigenvalue weighted by molar-refractivity contribution is -0.149. The lowest BCUT2D eigenvalue weighted by Crippen LogP contribution is -2.46. The van der Waals surface area contributed by atoms with Gasteiger partial charge in [0.1, 0.15) is 5.54 Å². The van der Waals surface area contributed by atoms with E-state index in [1.165, 1.54) is 0 Å². The molecule has 0 radical (unpaired) electrons. The van der Waals surface area contributed by atoms with Crippen LogP contribution in [0.4, 0.5) is 0 Å². The molecule has 78 valence electrons. The number of carbonyl (C=O) groups is 1. The van der Waals surface area contributed by atoms with Gasteiger partial charge in [-0.2, -0.15) is 11.8 Å². The summed E-state index contributed by atoms with van der Waals surface area (Å²) in [6.45, 7) is 3.91. The van der Waals surface area contributed by atoms with Crippen LogP contribution in [-0.2, 0) is 9.53 Å². The monoisotopic (exact) mass is 205 g/mol. The molecule has 0 spiro atoms. The summed E-state index contributed by atoms with van der Waals surface area (Å²) in [7, 11) is 0. The van der Waals surface area contributed by atoms with Crippen LogP contribution in [0.5, 0.6) is 0 Å². The SMILES string of the molecule is CCOC(=O)C(C)(N)CCCSC. The molecular weight excluding hydrogens is 186 g/mol. The molecule has 0 fully saturated rings. The van der Waals surface area contributed by atoms with Gasteiger partial charge in [0, 0.05) is 0 Å². The van der Waals surface area contributed by atoms with Crippen LogP contribution in [-0.4, -0.2) is 30.1 Å². The van der Waals surface area contributed by atoms with Crippen molar-refractivity contribution < 1.29 is 9.53 Å². The zero-order chi connectivity index (χ0) is 10.3. The van der Waals surface area contributed by atoms with Gasteiger partial charge < -0.3 is 10.5 Å². The molecule has 2 N–H and O–H groups in total. The van der Waals surface area contributed by atoms with Crippen molar-refractivity contribution in [3.05, 3.63) is 0 Å². The molecule has 3 nitrogen and oxygen atoms in total. The number of hydrogen-bond acceptors (Lipinski definition) is 4. The molecule has 0 heterocycles. The first-order valence-electron chi connectivity index (χ1n) is 4.49. The molecule has 4 heteroatoms. The number of nitrogens with two attached hydrogens (primary N) is 1. The predicted octanol–water partition coefficient (Wildman–Crippen LogP) is 1.41. The van der Waals surface area contributed by atoms with E-state index in [1.807, 2.05) is 6.26 Å². The summed E-state index contributed by atoms with van der Waals surface area (Å²) in [6, 6.07) is 0. The maximum absolute atomic E-state index is 11.3. The molecule has 0 aromatic carbocycles. The standard InChI is InChI=1S/C9H19NO2S/c1-4-12-8(11)9(2,10)6-5-7-13-3/h4-7,10H2,1-3H3. The predicted molar refractivity (Wildman–Crippen MR) is 56.8 cm³/mol. The molecule has 0 aliphatic heterocycles. The van der Waals surface area contributed by atoms with E-state index in [4.69, 9.17) is 10.5 Å². The van der Waals surface area contributed by atoms with Crippen LogP contribution in [0.3, 0.4) is 0 Å². The third-order valence-corrected chi connectivity index (χ3v) is 2.48. The Bertz CT molecular complexity index is 160. The fourth-order valence-corrected chi connectivity index (χ4v) is 1.41. The Balaban J connectivity index is 3.83. The minimum Gasteiger partial charge on any atom is -0.465 e. The molecular formula is C9H19NO2S. The Labute approximate surface area is 84.4 Å². The van der Waals surface area contributed by atoms with Crippen molar-refractivity contribution >= 4 is 17.7 Å². The molecule has 0 rings (SSSR count). The second-order valence-corrected chi connectivity index (χ2v) is 4.22. The maximum Gasteiger partial charge on any atom is 0.325 e. The van der Waals surface area contributed by atoms with Crippen LogP contribution in [0.25, 0.3) is 0 Å². The Morgan fingerprint density at radius 1 is 1.62 bits per heavy atom. The first-order chi connectivity index (χ1) is 6.04. The van der Waals surface area contributed by atoms with Crippen molar-refractivity contribution in [1.29, 1.82) is 0 Å². The van der Waals surface area contributed by atoms with Crippen molar-refractivity contribution in [2.45, 2.75) is 32.2 Å². The lowest BCUT2D eigenvalue weighted by atomic mass is 9.98. The molecule has 0 aliphatic rings. The molecule has 0 amide bonds. The first-order valence-corrected chi connectivity index (χ1v) is 5.89. The van der Waals surface area contributed by atoms with E-state index in [0.29, 0.717) is 13.0 Å².